The molecule has 8 nitrogen and oxygen atoms in total. The predicted molar refractivity (Wildman–Crippen MR) is 81.9 cm³/mol. The van der Waals surface area contributed by atoms with E-state index in [2.05, 4.69) is 15.0 Å². The van der Waals surface area contributed by atoms with Crippen LogP contribution in [0.4, 0.5) is 0 Å². The Balaban J connectivity index is 0.00000192. The molecule has 23 heavy (non-hydrogen) atoms. The molecule has 0 spiro atoms. The number of nitrogens with zero attached hydrogens (tertiary/aromatic N) is 4. The van der Waals surface area contributed by atoms with Crippen molar-refractivity contribution in [1.82, 2.24) is 19.5 Å². The third-order valence-electron chi connectivity index (χ3n) is 3.25. The zero-order valence-corrected chi connectivity index (χ0v) is 12.7. The van der Waals surface area contributed by atoms with Gasteiger partial charge in [-0.25, -0.2) is 9.97 Å². The van der Waals surface area contributed by atoms with E-state index in [9.17, 15) is 9.59 Å². The van der Waals surface area contributed by atoms with E-state index >= 15 is 0 Å². The molecule has 2 aromatic rings. The zero-order valence-electron chi connectivity index (χ0n) is 11.9. The van der Waals surface area contributed by atoms with Crippen LogP contribution in [0, 0.1) is 5.92 Å². The summed E-state index contributed by atoms with van der Waals surface area (Å²) in [6.07, 6.45) is 3.28. The number of cyclic esters (lactones) is 2. The van der Waals surface area contributed by atoms with Gasteiger partial charge >= 0.3 is 63.3 Å². The normalized spacial score (nSPS) is 17.5. The Morgan fingerprint density at radius 2 is 1.91 bits per heavy atom. The van der Waals surface area contributed by atoms with Crippen LogP contribution in [0.3, 0.4) is 0 Å². The van der Waals surface area contributed by atoms with Crippen molar-refractivity contribution in [3.05, 3.63) is 17.8 Å². The average molecular weight is 365 g/mol. The van der Waals surface area contributed by atoms with E-state index in [-0.39, 0.29) is 63.1 Å². The maximum atomic E-state index is 11.9. The Hall–Kier alpha value is -0.584. The number of carbonyl (C=O) groups is 2. The fraction of sp³-hybridized carbons (Fsp3) is 0.462. The van der Waals surface area contributed by atoms with E-state index in [0.29, 0.717) is 17.7 Å². The van der Waals surface area contributed by atoms with Gasteiger partial charge in [0.1, 0.15) is 5.52 Å². The third-order valence-corrected chi connectivity index (χ3v) is 3.43. The first-order chi connectivity index (χ1) is 10.4. The van der Waals surface area contributed by atoms with Crippen molar-refractivity contribution in [2.24, 2.45) is 5.92 Å². The number of hydrogen-bond acceptors (Lipinski definition) is 7. The van der Waals surface area contributed by atoms with E-state index < -0.39 is 23.6 Å². The number of aromatic nitrogens is 4. The molecule has 0 bridgehead atoms. The van der Waals surface area contributed by atoms with Gasteiger partial charge < -0.3 is 14.0 Å². The molecular formula is C13H14ClKN4O4. The Bertz CT molecular complexity index is 744. The Morgan fingerprint density at radius 3 is 2.57 bits per heavy atom. The number of rotatable bonds is 3. The number of fused-ring (bicyclic) bond motifs is 1. The van der Waals surface area contributed by atoms with Crippen LogP contribution < -0.4 is 0 Å². The fourth-order valence-corrected chi connectivity index (χ4v) is 2.37. The summed E-state index contributed by atoms with van der Waals surface area (Å²) in [6.45, 7) is 3.38. The topological polar surface area (TPSA) is 96.2 Å². The summed E-state index contributed by atoms with van der Waals surface area (Å²) in [7, 11) is 0. The molecule has 10 heteroatoms. The summed E-state index contributed by atoms with van der Waals surface area (Å²) in [5.41, 5.74) is 1.12. The zero-order chi connectivity index (χ0) is 15.9. The van der Waals surface area contributed by atoms with Crippen molar-refractivity contribution in [2.75, 3.05) is 0 Å². The number of aryl methyl sites for hydroxylation is 1. The van der Waals surface area contributed by atoms with Crippen LogP contribution in [0.5, 0.6) is 0 Å². The Labute approximate surface area is 179 Å². The van der Waals surface area contributed by atoms with Gasteiger partial charge in [-0.3, -0.25) is 9.59 Å². The molecule has 0 atom stereocenters. The molecule has 3 heterocycles. The molecule has 1 aliphatic rings. The van der Waals surface area contributed by atoms with Gasteiger partial charge in [0, 0.05) is 20.4 Å². The van der Waals surface area contributed by atoms with Crippen molar-refractivity contribution in [3.8, 4) is 0 Å². The molecule has 0 aliphatic carbocycles. The van der Waals surface area contributed by atoms with Gasteiger partial charge in [0.25, 0.3) is 5.79 Å². The van der Waals surface area contributed by atoms with Crippen LogP contribution in [-0.4, -0.2) is 88.6 Å². The molecule has 0 radical (unpaired) electrons. The number of hydrogen-bond donors (Lipinski definition) is 0. The quantitative estimate of drug-likeness (QED) is 0.342. The minimum atomic E-state index is -1.22. The summed E-state index contributed by atoms with van der Waals surface area (Å²) < 4.78 is 11.9. The molecule has 0 unspecified atom stereocenters. The standard InChI is InChI=1S/C13H13ClN4O4.K.H/c1-13(2)21-10(19)7(11(20)22-13)3-4-18-6-16-8-5-15-12(14)17-9(8)18;;/h5-7H,3-4H2,1-2H3;;. The average Bonchev–Trinajstić information content (AvgIpc) is 2.79. The number of imidazole rings is 1. The first-order valence-corrected chi connectivity index (χ1v) is 7.02. The van der Waals surface area contributed by atoms with E-state index in [0.717, 1.165) is 0 Å². The molecule has 1 fully saturated rings. The second kappa shape index (κ2) is 7.12. The summed E-state index contributed by atoms with van der Waals surface area (Å²) in [4.78, 5) is 35.9. The van der Waals surface area contributed by atoms with Gasteiger partial charge in [0.2, 0.25) is 5.28 Å². The third kappa shape index (κ3) is 4.09. The van der Waals surface area contributed by atoms with Crippen molar-refractivity contribution in [3.63, 3.8) is 0 Å². The summed E-state index contributed by atoms with van der Waals surface area (Å²) in [5, 5.41) is 0.104. The van der Waals surface area contributed by atoms with Gasteiger partial charge in [-0.1, -0.05) is 0 Å². The van der Waals surface area contributed by atoms with E-state index in [4.69, 9.17) is 21.1 Å². The number of esters is 2. The SMILES string of the molecule is CC1(C)OC(=O)C(CCn2cnc3cnc(Cl)nc32)C(=O)O1.[KH]. The molecule has 3 rings (SSSR count). The van der Waals surface area contributed by atoms with Crippen molar-refractivity contribution < 1.29 is 19.1 Å². The Morgan fingerprint density at radius 1 is 1.26 bits per heavy atom. The van der Waals surface area contributed by atoms with Crippen molar-refractivity contribution in [1.29, 1.82) is 0 Å². The predicted octanol–water partition coefficient (Wildman–Crippen LogP) is 0.674. The van der Waals surface area contributed by atoms with Gasteiger partial charge in [-0.2, -0.15) is 4.98 Å². The van der Waals surface area contributed by atoms with Crippen LogP contribution in [-0.2, 0) is 25.6 Å². The van der Waals surface area contributed by atoms with Crippen LogP contribution >= 0.6 is 11.6 Å². The second-order valence-corrected chi connectivity index (χ2v) is 5.71. The van der Waals surface area contributed by atoms with Crippen molar-refractivity contribution >= 4 is 86.1 Å². The molecule has 118 valence electrons. The fourth-order valence-electron chi connectivity index (χ4n) is 2.25. The van der Waals surface area contributed by atoms with Crippen LogP contribution in [0.2, 0.25) is 5.28 Å². The molecular weight excluding hydrogens is 351 g/mol. The monoisotopic (exact) mass is 364 g/mol. The molecule has 1 saturated heterocycles. The van der Waals surface area contributed by atoms with Gasteiger partial charge in [-0.15, -0.1) is 0 Å². The number of carbonyl (C=O) groups excluding carboxylic acids is 2. The molecule has 0 N–H and O–H groups in total. The minimum absolute atomic E-state index is 0. The summed E-state index contributed by atoms with van der Waals surface area (Å²) >= 11 is 5.76. The number of ether oxygens (including phenoxy) is 2. The first kappa shape index (κ1) is 18.8. The van der Waals surface area contributed by atoms with E-state index in [1.54, 1.807) is 10.9 Å². The maximum absolute atomic E-state index is 11.9. The summed E-state index contributed by atoms with van der Waals surface area (Å²) in [6, 6.07) is 0. The second-order valence-electron chi connectivity index (χ2n) is 5.37. The molecule has 2 aromatic heterocycles. The van der Waals surface area contributed by atoms with Gasteiger partial charge in [-0.05, 0) is 18.0 Å². The van der Waals surface area contributed by atoms with E-state index in [1.165, 1.54) is 20.0 Å². The molecule has 0 aromatic carbocycles. The number of halogens is 1. The molecule has 1 aliphatic heterocycles. The molecule has 0 saturated carbocycles. The Kier molecular flexibility index (Phi) is 5.80. The van der Waals surface area contributed by atoms with Crippen molar-refractivity contribution in [2.45, 2.75) is 32.6 Å². The van der Waals surface area contributed by atoms with Crippen LogP contribution in [0.15, 0.2) is 12.5 Å². The molecule has 0 amide bonds. The first-order valence-electron chi connectivity index (χ1n) is 6.65. The van der Waals surface area contributed by atoms with Crippen LogP contribution in [0.1, 0.15) is 20.3 Å². The van der Waals surface area contributed by atoms with Crippen LogP contribution in [0.25, 0.3) is 11.2 Å². The van der Waals surface area contributed by atoms with Gasteiger partial charge in [0.05, 0.1) is 12.5 Å². The van der Waals surface area contributed by atoms with E-state index in [1.807, 2.05) is 0 Å². The summed E-state index contributed by atoms with van der Waals surface area (Å²) in [5.74, 6) is -3.34. The van der Waals surface area contributed by atoms with Gasteiger partial charge in [0.15, 0.2) is 11.6 Å².